The minimum atomic E-state index is -3.57. The molecule has 100 valence electrons. The van der Waals surface area contributed by atoms with E-state index >= 15 is 0 Å². The van der Waals surface area contributed by atoms with Gasteiger partial charge in [-0.05, 0) is 30.2 Å². The van der Waals surface area contributed by atoms with Gasteiger partial charge in [0.15, 0.2) is 0 Å². The van der Waals surface area contributed by atoms with Crippen molar-refractivity contribution in [3.8, 4) is 0 Å². The summed E-state index contributed by atoms with van der Waals surface area (Å²) in [7, 11) is -3.57. The molecule has 0 radical (unpaired) electrons. The van der Waals surface area contributed by atoms with E-state index in [-0.39, 0.29) is 12.4 Å². The molecule has 1 aromatic carbocycles. The topological polar surface area (TPSA) is 56.3 Å². The number of hydrogen-bond donors (Lipinski definition) is 0. The fraction of sp³-hybridized carbons (Fsp3) is 0.214. The number of benzene rings is 1. The molecule has 2 aromatic rings. The molecule has 0 aliphatic heterocycles. The zero-order valence-electron chi connectivity index (χ0n) is 10.6. The van der Waals surface area contributed by atoms with Gasteiger partial charge in [0.1, 0.15) is 5.75 Å². The first-order chi connectivity index (χ1) is 9.05. The van der Waals surface area contributed by atoms with Crippen LogP contribution in [0.1, 0.15) is 16.7 Å². The van der Waals surface area contributed by atoms with Crippen molar-refractivity contribution in [2.75, 3.05) is 0 Å². The van der Waals surface area contributed by atoms with Crippen LogP contribution in [0.2, 0.25) is 0 Å². The molecular weight excluding hydrogens is 262 g/mol. The Morgan fingerprint density at radius 3 is 2.53 bits per heavy atom. The van der Waals surface area contributed by atoms with Crippen LogP contribution in [0, 0.1) is 6.92 Å². The monoisotopic (exact) mass is 277 g/mol. The lowest BCUT2D eigenvalue weighted by molar-refractivity contribution is 0.307. The van der Waals surface area contributed by atoms with Gasteiger partial charge < -0.3 is 0 Å². The fourth-order valence-electron chi connectivity index (χ4n) is 1.68. The Hall–Kier alpha value is -1.72. The second-order valence-electron chi connectivity index (χ2n) is 4.31. The third-order valence-corrected chi connectivity index (χ3v) is 3.74. The quantitative estimate of drug-likeness (QED) is 0.788. The Kier molecular flexibility index (Phi) is 4.29. The Morgan fingerprint density at radius 1 is 1.11 bits per heavy atom. The lowest BCUT2D eigenvalue weighted by Gasteiger charge is -2.06. The summed E-state index contributed by atoms with van der Waals surface area (Å²) < 4.78 is 28.7. The van der Waals surface area contributed by atoms with E-state index in [1.165, 1.54) is 0 Å². The summed E-state index contributed by atoms with van der Waals surface area (Å²) >= 11 is 0. The average molecular weight is 277 g/mol. The van der Waals surface area contributed by atoms with E-state index in [4.69, 9.17) is 4.18 Å². The van der Waals surface area contributed by atoms with E-state index in [0.29, 0.717) is 5.56 Å². The number of aromatic nitrogens is 1. The van der Waals surface area contributed by atoms with Crippen LogP contribution in [-0.4, -0.2) is 13.4 Å². The second-order valence-corrected chi connectivity index (χ2v) is 5.95. The highest BCUT2D eigenvalue weighted by atomic mass is 32.2. The van der Waals surface area contributed by atoms with Gasteiger partial charge in [-0.1, -0.05) is 29.8 Å². The molecule has 0 amide bonds. The van der Waals surface area contributed by atoms with E-state index in [0.717, 1.165) is 11.1 Å². The van der Waals surface area contributed by atoms with Gasteiger partial charge in [-0.25, -0.2) is 0 Å². The summed E-state index contributed by atoms with van der Waals surface area (Å²) in [6, 6.07) is 10.9. The molecule has 1 aromatic heterocycles. The molecule has 0 unspecified atom stereocenters. The van der Waals surface area contributed by atoms with Crippen molar-refractivity contribution in [1.29, 1.82) is 0 Å². The highest BCUT2D eigenvalue weighted by Gasteiger charge is 2.12. The Bertz CT molecular complexity index is 639. The molecule has 2 rings (SSSR count). The zero-order chi connectivity index (χ0) is 13.7. The van der Waals surface area contributed by atoms with Crippen LogP contribution < -0.4 is 0 Å². The van der Waals surface area contributed by atoms with Crippen molar-refractivity contribution in [3.05, 3.63) is 65.5 Å². The number of hydrogen-bond acceptors (Lipinski definition) is 4. The maximum atomic E-state index is 11.8. The molecule has 0 aliphatic carbocycles. The van der Waals surface area contributed by atoms with Crippen LogP contribution >= 0.6 is 0 Å². The van der Waals surface area contributed by atoms with E-state index in [2.05, 4.69) is 4.98 Å². The van der Waals surface area contributed by atoms with Crippen molar-refractivity contribution in [2.45, 2.75) is 19.3 Å². The molecular formula is C14H15NO3S. The maximum Gasteiger partial charge on any atom is 0.271 e. The van der Waals surface area contributed by atoms with Crippen molar-refractivity contribution in [1.82, 2.24) is 4.98 Å². The molecule has 0 saturated heterocycles. The molecule has 19 heavy (non-hydrogen) atoms. The first kappa shape index (κ1) is 13.7. The van der Waals surface area contributed by atoms with Crippen LogP contribution in [0.25, 0.3) is 0 Å². The first-order valence-electron chi connectivity index (χ1n) is 5.87. The molecule has 5 heteroatoms. The molecule has 0 N–H and O–H groups in total. The summed E-state index contributed by atoms with van der Waals surface area (Å²) in [6.07, 6.45) is 3.12. The molecule has 0 fully saturated rings. The predicted molar refractivity (Wildman–Crippen MR) is 72.8 cm³/mol. The highest BCUT2D eigenvalue weighted by molar-refractivity contribution is 7.85. The number of pyridine rings is 1. The molecule has 0 atom stereocenters. The number of nitrogens with zero attached hydrogens (tertiary/aromatic N) is 1. The largest absolute Gasteiger partial charge is 0.271 e. The van der Waals surface area contributed by atoms with Crippen molar-refractivity contribution >= 4 is 10.1 Å². The Labute approximate surface area is 113 Å². The smallest absolute Gasteiger partial charge is 0.265 e. The van der Waals surface area contributed by atoms with Gasteiger partial charge in [0.25, 0.3) is 10.1 Å². The predicted octanol–water partition coefficient (Wildman–Crippen LogP) is 2.44. The van der Waals surface area contributed by atoms with Gasteiger partial charge >= 0.3 is 0 Å². The molecule has 4 nitrogen and oxygen atoms in total. The summed E-state index contributed by atoms with van der Waals surface area (Å²) in [5.74, 6) is -0.138. The van der Waals surface area contributed by atoms with Gasteiger partial charge in [-0.15, -0.1) is 0 Å². The van der Waals surface area contributed by atoms with E-state index in [9.17, 15) is 8.42 Å². The lowest BCUT2D eigenvalue weighted by atomic mass is 10.1. The normalized spacial score (nSPS) is 11.4. The van der Waals surface area contributed by atoms with Gasteiger partial charge in [0, 0.05) is 12.4 Å². The van der Waals surface area contributed by atoms with Crippen LogP contribution in [0.3, 0.4) is 0 Å². The summed E-state index contributed by atoms with van der Waals surface area (Å²) in [5.41, 5.74) is 2.59. The Morgan fingerprint density at radius 2 is 1.84 bits per heavy atom. The molecule has 0 spiro atoms. The summed E-state index contributed by atoms with van der Waals surface area (Å²) in [6.45, 7) is 2.02. The third-order valence-electron chi connectivity index (χ3n) is 2.58. The van der Waals surface area contributed by atoms with E-state index < -0.39 is 10.1 Å². The standard InChI is InChI=1S/C14H15NO3S/c1-12-3-2-4-14(9-12)10-18-19(16,17)11-13-5-7-15-8-6-13/h2-9H,10-11H2,1H3. The highest BCUT2D eigenvalue weighted by Crippen LogP contribution is 2.11. The first-order valence-corrected chi connectivity index (χ1v) is 7.44. The third kappa shape index (κ3) is 4.46. The average Bonchev–Trinajstić information content (AvgIpc) is 2.37. The Balaban J connectivity index is 1.98. The lowest BCUT2D eigenvalue weighted by Crippen LogP contribution is -2.09. The van der Waals surface area contributed by atoms with E-state index in [1.807, 2.05) is 31.2 Å². The summed E-state index contributed by atoms with van der Waals surface area (Å²) in [4.78, 5) is 3.84. The molecule has 0 aliphatic rings. The molecule has 0 saturated carbocycles. The van der Waals surface area contributed by atoms with E-state index in [1.54, 1.807) is 24.5 Å². The maximum absolute atomic E-state index is 11.8. The molecule has 0 bridgehead atoms. The second kappa shape index (κ2) is 5.95. The SMILES string of the molecule is Cc1cccc(COS(=O)(=O)Cc2ccncc2)c1. The summed E-state index contributed by atoms with van der Waals surface area (Å²) in [5, 5.41) is 0. The van der Waals surface area contributed by atoms with Crippen LogP contribution in [0.4, 0.5) is 0 Å². The van der Waals surface area contributed by atoms with Crippen LogP contribution in [0.5, 0.6) is 0 Å². The van der Waals surface area contributed by atoms with Gasteiger partial charge in [0.2, 0.25) is 0 Å². The van der Waals surface area contributed by atoms with Gasteiger partial charge in [-0.3, -0.25) is 9.17 Å². The van der Waals surface area contributed by atoms with Crippen molar-refractivity contribution in [2.24, 2.45) is 0 Å². The number of rotatable bonds is 5. The van der Waals surface area contributed by atoms with Gasteiger partial charge in [-0.2, -0.15) is 8.42 Å². The van der Waals surface area contributed by atoms with Crippen molar-refractivity contribution < 1.29 is 12.6 Å². The fourth-order valence-corrected chi connectivity index (χ4v) is 2.68. The van der Waals surface area contributed by atoms with Crippen LogP contribution in [-0.2, 0) is 26.7 Å². The number of aryl methyl sites for hydroxylation is 1. The molecule has 1 heterocycles. The van der Waals surface area contributed by atoms with Gasteiger partial charge in [0.05, 0.1) is 6.61 Å². The minimum absolute atomic E-state index is 0.0646. The zero-order valence-corrected chi connectivity index (χ0v) is 11.4. The van der Waals surface area contributed by atoms with Crippen LogP contribution in [0.15, 0.2) is 48.8 Å². The van der Waals surface area contributed by atoms with Crippen molar-refractivity contribution in [3.63, 3.8) is 0 Å². The minimum Gasteiger partial charge on any atom is -0.265 e.